The number of rotatable bonds is 3. The lowest BCUT2D eigenvalue weighted by Crippen LogP contribution is -2.48. The van der Waals surface area contributed by atoms with E-state index in [0.717, 1.165) is 5.56 Å². The third-order valence-corrected chi connectivity index (χ3v) is 5.82. The number of benzene rings is 2. The fraction of sp³-hybridized carbons (Fsp3) is 0.300. The van der Waals surface area contributed by atoms with Crippen LogP contribution < -0.4 is 0 Å². The highest BCUT2D eigenvalue weighted by molar-refractivity contribution is 9.10. The van der Waals surface area contributed by atoms with Gasteiger partial charge in [0.2, 0.25) is 5.91 Å². The first kappa shape index (κ1) is 19.1. The molecule has 1 aromatic heterocycles. The van der Waals surface area contributed by atoms with Crippen LogP contribution in [-0.4, -0.2) is 26.2 Å². The van der Waals surface area contributed by atoms with Crippen LogP contribution in [0.3, 0.4) is 0 Å². The highest BCUT2D eigenvalue weighted by Crippen LogP contribution is 2.51. The predicted molar refractivity (Wildman–Crippen MR) is 101 cm³/mol. The fourth-order valence-electron chi connectivity index (χ4n) is 3.80. The number of alkyl halides is 5. The Morgan fingerprint density at radius 3 is 2.50 bits per heavy atom. The van der Waals surface area contributed by atoms with Gasteiger partial charge in [-0.2, -0.15) is 17.6 Å². The molecule has 0 spiro atoms. The summed E-state index contributed by atoms with van der Waals surface area (Å²) in [5.74, 6) is -4.81. The van der Waals surface area contributed by atoms with Crippen molar-refractivity contribution in [2.75, 3.05) is 0 Å². The molecular weight excluding hydrogens is 440 g/mol. The molecule has 0 saturated carbocycles. The molecule has 0 saturated heterocycles. The van der Waals surface area contributed by atoms with Gasteiger partial charge in [0.05, 0.1) is 16.4 Å². The Hall–Kier alpha value is -2.22. The van der Waals surface area contributed by atoms with Crippen LogP contribution in [0.25, 0.3) is 22.4 Å². The number of fused-ring (bicyclic) bond motifs is 5. The maximum atomic E-state index is 14.4. The van der Waals surface area contributed by atoms with Crippen LogP contribution >= 0.6 is 15.9 Å². The van der Waals surface area contributed by atoms with Crippen molar-refractivity contribution in [2.45, 2.75) is 36.4 Å². The third kappa shape index (κ3) is 2.61. The van der Waals surface area contributed by atoms with Crippen molar-refractivity contribution in [3.05, 3.63) is 53.6 Å². The Morgan fingerprint density at radius 1 is 1.14 bits per heavy atom. The number of carbonyl (C=O) groups is 1. The summed E-state index contributed by atoms with van der Waals surface area (Å²) in [6.45, 7) is 3.04. The molecule has 0 fully saturated rings. The van der Waals surface area contributed by atoms with Crippen LogP contribution in [0.4, 0.5) is 17.6 Å². The van der Waals surface area contributed by atoms with Crippen LogP contribution in [0.1, 0.15) is 29.3 Å². The molecule has 28 heavy (non-hydrogen) atoms. The van der Waals surface area contributed by atoms with Crippen molar-refractivity contribution in [3.8, 4) is 11.4 Å². The van der Waals surface area contributed by atoms with E-state index in [1.54, 1.807) is 65.3 Å². The average molecular weight is 455 g/mol. The van der Waals surface area contributed by atoms with Crippen molar-refractivity contribution in [1.82, 2.24) is 9.55 Å². The average Bonchev–Trinajstić information content (AvgIpc) is 2.98. The van der Waals surface area contributed by atoms with Gasteiger partial charge < -0.3 is 0 Å². The van der Waals surface area contributed by atoms with Crippen molar-refractivity contribution in [2.24, 2.45) is 0 Å². The molecule has 1 aliphatic heterocycles. The summed E-state index contributed by atoms with van der Waals surface area (Å²) in [5, 5.41) is 0. The molecule has 1 aliphatic rings. The van der Waals surface area contributed by atoms with Crippen molar-refractivity contribution in [1.29, 1.82) is 0 Å². The quantitative estimate of drug-likeness (QED) is 0.362. The van der Waals surface area contributed by atoms with E-state index in [4.69, 9.17) is 0 Å². The number of para-hydroxylation sites is 2. The minimum atomic E-state index is -4.44. The third-order valence-electron chi connectivity index (χ3n) is 5.24. The summed E-state index contributed by atoms with van der Waals surface area (Å²) in [4.78, 5) is 13.5. The zero-order valence-corrected chi connectivity index (χ0v) is 16.5. The van der Waals surface area contributed by atoms with Crippen molar-refractivity contribution < 1.29 is 22.4 Å². The summed E-state index contributed by atoms with van der Waals surface area (Å²) in [7, 11) is 0. The molecule has 146 valence electrons. The number of hydrogen-bond donors (Lipinski definition) is 0. The molecule has 3 aromatic rings. The van der Waals surface area contributed by atoms with E-state index in [-0.39, 0.29) is 5.56 Å². The first-order valence-electron chi connectivity index (χ1n) is 8.54. The Balaban J connectivity index is 2.02. The van der Waals surface area contributed by atoms with Gasteiger partial charge in [-0.1, -0.05) is 35.9 Å². The van der Waals surface area contributed by atoms with E-state index in [9.17, 15) is 22.4 Å². The van der Waals surface area contributed by atoms with Gasteiger partial charge in [0.1, 0.15) is 5.82 Å². The van der Waals surface area contributed by atoms with Gasteiger partial charge in [-0.3, -0.25) is 9.36 Å². The fourth-order valence-corrected chi connectivity index (χ4v) is 3.94. The monoisotopic (exact) mass is 454 g/mol. The summed E-state index contributed by atoms with van der Waals surface area (Å²) in [6, 6.07) is 11.9. The highest BCUT2D eigenvalue weighted by Gasteiger charge is 2.60. The number of imidazole rings is 1. The number of aryl methyl sites for hydroxylation is 1. The lowest BCUT2D eigenvalue weighted by atomic mass is 9.72. The minimum absolute atomic E-state index is 0.275. The van der Waals surface area contributed by atoms with Crippen LogP contribution in [0, 0.1) is 6.92 Å². The molecule has 1 atom stereocenters. The molecule has 8 heteroatoms. The smallest absolute Gasteiger partial charge is 0.273 e. The van der Waals surface area contributed by atoms with E-state index >= 15 is 0 Å². The Morgan fingerprint density at radius 2 is 1.82 bits per heavy atom. The molecule has 1 unspecified atom stereocenters. The predicted octanol–water partition coefficient (Wildman–Crippen LogP) is 5.94. The molecule has 0 bridgehead atoms. The van der Waals surface area contributed by atoms with Gasteiger partial charge in [0, 0.05) is 12.0 Å². The van der Waals surface area contributed by atoms with Gasteiger partial charge >= 0.3 is 10.8 Å². The summed E-state index contributed by atoms with van der Waals surface area (Å²) in [5.41, 5.74) is 0.608. The number of halogens is 5. The van der Waals surface area contributed by atoms with Crippen molar-refractivity contribution >= 4 is 32.9 Å². The zero-order valence-electron chi connectivity index (χ0n) is 14.9. The van der Waals surface area contributed by atoms with Crippen LogP contribution in [0.5, 0.6) is 0 Å². The van der Waals surface area contributed by atoms with Crippen LogP contribution in [-0.2, 0) is 5.41 Å². The van der Waals surface area contributed by atoms with Gasteiger partial charge in [0.25, 0.3) is 0 Å². The van der Waals surface area contributed by atoms with Gasteiger partial charge in [0.15, 0.2) is 0 Å². The van der Waals surface area contributed by atoms with Gasteiger partial charge in [-0.25, -0.2) is 4.98 Å². The maximum absolute atomic E-state index is 14.4. The Kier molecular flexibility index (Phi) is 4.02. The molecule has 3 nitrogen and oxygen atoms in total. The van der Waals surface area contributed by atoms with E-state index in [0.29, 0.717) is 22.4 Å². The summed E-state index contributed by atoms with van der Waals surface area (Å²) >= 11 is 1.78. The Labute approximate surface area is 166 Å². The van der Waals surface area contributed by atoms with Gasteiger partial charge in [-0.05, 0) is 47.5 Å². The normalized spacial score (nSPS) is 19.6. The second-order valence-corrected chi connectivity index (χ2v) is 8.32. The maximum Gasteiger partial charge on any atom is 0.363 e. The van der Waals surface area contributed by atoms with E-state index < -0.39 is 28.5 Å². The lowest BCUT2D eigenvalue weighted by molar-refractivity contribution is -0.158. The van der Waals surface area contributed by atoms with Crippen molar-refractivity contribution in [3.63, 3.8) is 0 Å². The first-order chi connectivity index (χ1) is 13.0. The standard InChI is InChI=1S/C20H15BrF4N2O/c1-11-7-8-12-13(9-11)18(2,10-19(22,23)20(21,24)25)17(28)27-15-6-4-3-5-14(15)26-16(12)27/h3-9H,10H2,1-2H3. The minimum Gasteiger partial charge on any atom is -0.273 e. The zero-order chi connectivity index (χ0) is 20.5. The second-order valence-electron chi connectivity index (χ2n) is 7.32. The lowest BCUT2D eigenvalue weighted by Gasteiger charge is -2.38. The highest BCUT2D eigenvalue weighted by atomic mass is 79.9. The molecule has 2 heterocycles. The topological polar surface area (TPSA) is 34.9 Å². The van der Waals surface area contributed by atoms with E-state index in [1.165, 1.54) is 11.5 Å². The van der Waals surface area contributed by atoms with Crippen LogP contribution in [0.2, 0.25) is 0 Å². The SMILES string of the molecule is Cc1ccc2c(c1)C(C)(CC(F)(F)C(F)(F)Br)C(=O)n1c-2nc2ccccc21. The summed E-state index contributed by atoms with van der Waals surface area (Å²) < 4.78 is 57.1. The molecule has 0 N–H and O–H groups in total. The molecule has 0 aliphatic carbocycles. The molecule has 4 rings (SSSR count). The number of nitrogens with zero attached hydrogens (tertiary/aromatic N) is 2. The van der Waals surface area contributed by atoms with Crippen LogP contribution in [0.15, 0.2) is 42.5 Å². The summed E-state index contributed by atoms with van der Waals surface area (Å²) in [6.07, 6.45) is -1.35. The largest absolute Gasteiger partial charge is 0.363 e. The Bertz CT molecular complexity index is 1120. The van der Waals surface area contributed by atoms with E-state index in [1.807, 2.05) is 0 Å². The van der Waals surface area contributed by atoms with E-state index in [2.05, 4.69) is 4.98 Å². The second kappa shape index (κ2) is 5.89. The number of hydrogen-bond acceptors (Lipinski definition) is 2. The molecule has 0 radical (unpaired) electrons. The molecular formula is C20H15BrF4N2O. The first-order valence-corrected chi connectivity index (χ1v) is 9.33. The molecule has 2 aromatic carbocycles. The van der Waals surface area contributed by atoms with Gasteiger partial charge in [-0.15, -0.1) is 0 Å². The molecule has 0 amide bonds. The number of carbonyl (C=O) groups excluding carboxylic acids is 1. The number of aromatic nitrogens is 2.